The van der Waals surface area contributed by atoms with E-state index in [1.165, 1.54) is 32.1 Å². The first kappa shape index (κ1) is 22.6. The van der Waals surface area contributed by atoms with E-state index in [9.17, 15) is 0 Å². The van der Waals surface area contributed by atoms with Gasteiger partial charge in [-0.2, -0.15) is 12.8 Å². The summed E-state index contributed by atoms with van der Waals surface area (Å²) >= 11 is 0. The molecule has 0 aliphatic heterocycles. The van der Waals surface area contributed by atoms with Crippen molar-refractivity contribution in [1.82, 2.24) is 0 Å². The van der Waals surface area contributed by atoms with Crippen LogP contribution in [0.1, 0.15) is 32.1 Å². The molecule has 0 radical (unpaired) electrons. The third-order valence-corrected chi connectivity index (χ3v) is 1.32. The van der Waals surface area contributed by atoms with Gasteiger partial charge in [0.25, 0.3) is 0 Å². The Bertz CT molecular complexity index is 28.5. The zero-order chi connectivity index (χ0) is 4.24. The molecule has 10 heavy (non-hydrogen) atoms. The Balaban J connectivity index is -0.0000000450. The molecule has 0 saturated heterocycles. The Morgan fingerprint density at radius 1 is 0.700 bits per heavy atom. The molecule has 0 amide bonds. The van der Waals surface area contributed by atoms with E-state index in [1.54, 1.807) is 0 Å². The minimum atomic E-state index is 0. The van der Waals surface area contributed by atoms with Crippen LogP contribution in [0, 0.1) is 6.42 Å². The van der Waals surface area contributed by atoms with E-state index in [0.29, 0.717) is 0 Å². The van der Waals surface area contributed by atoms with E-state index < -0.39 is 0 Å². The van der Waals surface area contributed by atoms with Crippen molar-refractivity contribution < 1.29 is 21.7 Å². The molecular weight excluding hydrogens is 226 g/mol. The summed E-state index contributed by atoms with van der Waals surface area (Å²) in [4.78, 5) is 0. The van der Waals surface area contributed by atoms with E-state index in [0.717, 1.165) is 0 Å². The molecular formula is C6H14Cl3Ti-. The van der Waals surface area contributed by atoms with Gasteiger partial charge in [0, 0.05) is 21.7 Å². The summed E-state index contributed by atoms with van der Waals surface area (Å²) in [5, 5.41) is 0. The van der Waals surface area contributed by atoms with E-state index in [1.807, 2.05) is 0 Å². The molecule has 4 heteroatoms. The minimum absolute atomic E-state index is 0. The maximum absolute atomic E-state index is 2.39. The molecule has 1 saturated carbocycles. The van der Waals surface area contributed by atoms with Gasteiger partial charge in [-0.3, -0.25) is 0 Å². The molecule has 0 aromatic heterocycles. The summed E-state index contributed by atoms with van der Waals surface area (Å²) in [5.41, 5.74) is 0. The van der Waals surface area contributed by atoms with Gasteiger partial charge >= 0.3 is 0 Å². The van der Waals surface area contributed by atoms with Gasteiger partial charge in [0.1, 0.15) is 0 Å². The molecule has 0 aromatic rings. The SMILES string of the molecule is Cl.Cl.Cl.[CH-]1CCCCC1.[Ti]. The first-order valence-electron chi connectivity index (χ1n) is 2.82. The Labute approximate surface area is 97.0 Å². The van der Waals surface area contributed by atoms with Crippen LogP contribution >= 0.6 is 37.2 Å². The van der Waals surface area contributed by atoms with Gasteiger partial charge < -0.3 is 6.42 Å². The largest absolute Gasteiger partial charge is 0.328 e. The number of halogens is 3. The van der Waals surface area contributed by atoms with Gasteiger partial charge in [0.15, 0.2) is 0 Å². The van der Waals surface area contributed by atoms with Crippen molar-refractivity contribution in [2.45, 2.75) is 32.1 Å². The van der Waals surface area contributed by atoms with Gasteiger partial charge in [-0.05, 0) is 0 Å². The van der Waals surface area contributed by atoms with Crippen LogP contribution in [-0.4, -0.2) is 0 Å². The van der Waals surface area contributed by atoms with Crippen LogP contribution in [0.15, 0.2) is 0 Å². The van der Waals surface area contributed by atoms with E-state index in [-0.39, 0.29) is 58.9 Å². The zero-order valence-corrected chi connectivity index (χ0v) is 9.85. The molecule has 1 aliphatic carbocycles. The van der Waals surface area contributed by atoms with Crippen LogP contribution in [0.25, 0.3) is 0 Å². The molecule has 1 fully saturated rings. The fourth-order valence-electron chi connectivity index (χ4n) is 0.898. The van der Waals surface area contributed by atoms with Crippen LogP contribution in [0.5, 0.6) is 0 Å². The summed E-state index contributed by atoms with van der Waals surface area (Å²) in [6.45, 7) is 0. The van der Waals surface area contributed by atoms with Crippen molar-refractivity contribution in [1.29, 1.82) is 0 Å². The molecule has 64 valence electrons. The quantitative estimate of drug-likeness (QED) is 0.449. The third kappa shape index (κ3) is 12.3. The van der Waals surface area contributed by atoms with E-state index in [4.69, 9.17) is 0 Å². The average Bonchev–Trinajstić information content (AvgIpc) is 1.72. The smallest absolute Gasteiger partial charge is 0 e. The first-order valence-corrected chi connectivity index (χ1v) is 2.82. The van der Waals surface area contributed by atoms with Crippen molar-refractivity contribution in [3.8, 4) is 0 Å². The number of rotatable bonds is 0. The maximum Gasteiger partial charge on any atom is 0 e. The second-order valence-electron chi connectivity index (χ2n) is 1.93. The topological polar surface area (TPSA) is 0 Å². The number of hydrogen-bond donors (Lipinski definition) is 0. The molecule has 0 heterocycles. The van der Waals surface area contributed by atoms with Gasteiger partial charge in [-0.25, -0.2) is 0 Å². The minimum Gasteiger partial charge on any atom is -0.328 e. The van der Waals surface area contributed by atoms with Gasteiger partial charge in [0.05, 0.1) is 0 Å². The van der Waals surface area contributed by atoms with Crippen molar-refractivity contribution in [3.63, 3.8) is 0 Å². The Hall–Kier alpha value is 1.58. The molecule has 0 aromatic carbocycles. The third-order valence-electron chi connectivity index (χ3n) is 1.32. The summed E-state index contributed by atoms with van der Waals surface area (Å²) in [7, 11) is 0. The molecule has 0 unspecified atom stereocenters. The second-order valence-corrected chi connectivity index (χ2v) is 1.93. The molecule has 0 spiro atoms. The second kappa shape index (κ2) is 16.9. The first-order chi connectivity index (χ1) is 3.00. The molecule has 0 N–H and O–H groups in total. The van der Waals surface area contributed by atoms with Crippen LogP contribution in [0.3, 0.4) is 0 Å². The Morgan fingerprint density at radius 3 is 1.20 bits per heavy atom. The van der Waals surface area contributed by atoms with E-state index in [2.05, 4.69) is 6.42 Å². The predicted octanol–water partition coefficient (Wildman–Crippen LogP) is 3.42. The van der Waals surface area contributed by atoms with Crippen molar-refractivity contribution in [3.05, 3.63) is 6.42 Å². The summed E-state index contributed by atoms with van der Waals surface area (Å²) in [6.07, 6.45) is 9.50. The molecule has 0 nitrogen and oxygen atoms in total. The zero-order valence-electron chi connectivity index (χ0n) is 5.84. The van der Waals surface area contributed by atoms with Crippen LogP contribution in [0.2, 0.25) is 0 Å². The summed E-state index contributed by atoms with van der Waals surface area (Å²) in [5.74, 6) is 0. The van der Waals surface area contributed by atoms with Gasteiger partial charge in [-0.15, -0.1) is 37.2 Å². The fourth-order valence-corrected chi connectivity index (χ4v) is 0.898. The van der Waals surface area contributed by atoms with Crippen LogP contribution in [0.4, 0.5) is 0 Å². The summed E-state index contributed by atoms with van der Waals surface area (Å²) < 4.78 is 0. The predicted molar refractivity (Wildman–Crippen MR) is 49.1 cm³/mol. The van der Waals surface area contributed by atoms with Crippen LogP contribution < -0.4 is 0 Å². The maximum atomic E-state index is 2.39. The Kier molecular flexibility index (Phi) is 38.1. The fraction of sp³-hybridized carbons (Fsp3) is 0.833. The molecule has 0 bridgehead atoms. The molecule has 0 atom stereocenters. The van der Waals surface area contributed by atoms with Crippen molar-refractivity contribution in [2.75, 3.05) is 0 Å². The standard InChI is InChI=1S/C6H11.3ClH.Ti/c1-2-4-6-5-3-1;;;;/h1H,2-6H2;3*1H;/q-1;;;;. The molecule has 1 aliphatic rings. The monoisotopic (exact) mass is 239 g/mol. The van der Waals surface area contributed by atoms with Gasteiger partial charge in [0.2, 0.25) is 0 Å². The van der Waals surface area contributed by atoms with Crippen molar-refractivity contribution >= 4 is 37.2 Å². The number of hydrogen-bond acceptors (Lipinski definition) is 0. The van der Waals surface area contributed by atoms with E-state index >= 15 is 0 Å². The average molecular weight is 240 g/mol. The Morgan fingerprint density at radius 2 is 1.10 bits per heavy atom. The van der Waals surface area contributed by atoms with Crippen molar-refractivity contribution in [2.24, 2.45) is 0 Å². The normalized spacial score (nSPS) is 14.4. The van der Waals surface area contributed by atoms with Crippen LogP contribution in [-0.2, 0) is 21.7 Å². The van der Waals surface area contributed by atoms with Gasteiger partial charge in [-0.1, -0.05) is 19.3 Å². The molecule has 1 rings (SSSR count). The summed E-state index contributed by atoms with van der Waals surface area (Å²) in [6, 6.07) is 0.